The number of aromatic nitrogens is 3. The molecule has 2 N–H and O–H groups in total. The molecule has 0 aliphatic carbocycles. The third kappa shape index (κ3) is 5.86. The van der Waals surface area contributed by atoms with Crippen molar-refractivity contribution in [1.29, 1.82) is 0 Å². The molecule has 0 saturated heterocycles. The molecule has 0 spiro atoms. The maximum atomic E-state index is 13.7. The number of nitrogens with zero attached hydrogens (tertiary/aromatic N) is 4. The highest BCUT2D eigenvalue weighted by atomic mass is 35.5. The Morgan fingerprint density at radius 1 is 1.13 bits per heavy atom. The monoisotopic (exact) mass is 559 g/mol. The van der Waals surface area contributed by atoms with Crippen LogP contribution in [0.3, 0.4) is 0 Å². The second-order valence-electron chi connectivity index (χ2n) is 9.26. The molecule has 2 heterocycles. The topological polar surface area (TPSA) is 85.6 Å². The van der Waals surface area contributed by atoms with Crippen LogP contribution in [0.25, 0.3) is 5.52 Å². The number of carbonyl (C=O) groups excluding carboxylic acids is 1. The van der Waals surface area contributed by atoms with Gasteiger partial charge in [-0.05, 0) is 62.2 Å². The minimum Gasteiger partial charge on any atom is -0.330 e. The average Bonchev–Trinajstić information content (AvgIpc) is 3.21. The molecule has 0 bridgehead atoms. The lowest BCUT2D eigenvalue weighted by molar-refractivity contribution is -0.137. The quantitative estimate of drug-likeness (QED) is 0.295. The SMILES string of the molecule is CCC(c1cc2c(Cl)c(C)nn2c(=O)n1Cc1ccccc1)N(CCCN)C(=O)c1ccc(C(F)(F)F)cc1. The molecule has 39 heavy (non-hydrogen) atoms. The van der Waals surface area contributed by atoms with Gasteiger partial charge in [0.1, 0.15) is 0 Å². The Morgan fingerprint density at radius 2 is 1.79 bits per heavy atom. The molecule has 0 aliphatic heterocycles. The summed E-state index contributed by atoms with van der Waals surface area (Å²) in [5, 5.41) is 4.64. The molecule has 1 atom stereocenters. The van der Waals surface area contributed by atoms with Crippen LogP contribution in [-0.2, 0) is 12.7 Å². The van der Waals surface area contributed by atoms with Crippen LogP contribution in [0.4, 0.5) is 13.2 Å². The van der Waals surface area contributed by atoms with Gasteiger partial charge in [-0.1, -0.05) is 48.9 Å². The van der Waals surface area contributed by atoms with Crippen molar-refractivity contribution >= 4 is 23.0 Å². The largest absolute Gasteiger partial charge is 0.416 e. The Morgan fingerprint density at radius 3 is 2.38 bits per heavy atom. The van der Waals surface area contributed by atoms with Crippen LogP contribution in [-0.4, -0.2) is 38.1 Å². The Hall–Kier alpha value is -3.63. The lowest BCUT2D eigenvalue weighted by Gasteiger charge is -2.33. The summed E-state index contributed by atoms with van der Waals surface area (Å²) in [6.07, 6.45) is -3.63. The van der Waals surface area contributed by atoms with Crippen molar-refractivity contribution in [2.24, 2.45) is 5.73 Å². The van der Waals surface area contributed by atoms with Crippen LogP contribution >= 0.6 is 11.6 Å². The number of amides is 1. The van der Waals surface area contributed by atoms with Crippen LogP contribution in [0, 0.1) is 6.92 Å². The molecular weight excluding hydrogens is 531 g/mol. The molecule has 1 unspecified atom stereocenters. The van der Waals surface area contributed by atoms with Crippen LogP contribution in [0.5, 0.6) is 0 Å². The van der Waals surface area contributed by atoms with E-state index in [2.05, 4.69) is 5.10 Å². The number of benzene rings is 2. The summed E-state index contributed by atoms with van der Waals surface area (Å²) in [6.45, 7) is 4.35. The zero-order chi connectivity index (χ0) is 28.3. The molecule has 0 radical (unpaired) electrons. The summed E-state index contributed by atoms with van der Waals surface area (Å²) in [4.78, 5) is 29.0. The molecule has 11 heteroatoms. The lowest BCUT2D eigenvalue weighted by atomic mass is 10.0. The van der Waals surface area contributed by atoms with E-state index in [0.717, 1.165) is 17.7 Å². The Labute approximate surface area is 228 Å². The van der Waals surface area contributed by atoms with E-state index in [1.54, 1.807) is 22.5 Å². The van der Waals surface area contributed by atoms with Gasteiger partial charge < -0.3 is 10.6 Å². The highest BCUT2D eigenvalue weighted by molar-refractivity contribution is 6.34. The fraction of sp³-hybridized carbons (Fsp3) is 0.321. The summed E-state index contributed by atoms with van der Waals surface area (Å²) in [5.74, 6) is -0.460. The molecule has 1 amide bonds. The maximum absolute atomic E-state index is 13.7. The molecule has 0 fully saturated rings. The van der Waals surface area contributed by atoms with E-state index < -0.39 is 29.4 Å². The number of nitrogens with two attached hydrogens (primary N) is 1. The number of aryl methyl sites for hydroxylation is 1. The third-order valence-corrected chi connectivity index (χ3v) is 7.11. The van der Waals surface area contributed by atoms with E-state index in [0.29, 0.717) is 41.3 Å². The van der Waals surface area contributed by atoms with Crippen molar-refractivity contribution in [3.63, 3.8) is 0 Å². The van der Waals surface area contributed by atoms with Crippen molar-refractivity contribution in [2.75, 3.05) is 13.1 Å². The number of halogens is 4. The van der Waals surface area contributed by atoms with Gasteiger partial charge in [0.05, 0.1) is 34.4 Å². The third-order valence-electron chi connectivity index (χ3n) is 6.64. The minimum atomic E-state index is -4.52. The summed E-state index contributed by atoms with van der Waals surface area (Å²) in [5.41, 5.74) is 6.93. The van der Waals surface area contributed by atoms with Crippen LogP contribution in [0.15, 0.2) is 65.5 Å². The number of rotatable bonds is 9. The number of hydrogen-bond donors (Lipinski definition) is 1. The van der Waals surface area contributed by atoms with Gasteiger partial charge in [0.2, 0.25) is 0 Å². The van der Waals surface area contributed by atoms with Crippen molar-refractivity contribution in [3.05, 3.63) is 104 Å². The number of carbonyl (C=O) groups is 1. The van der Waals surface area contributed by atoms with Crippen molar-refractivity contribution in [3.8, 4) is 0 Å². The van der Waals surface area contributed by atoms with E-state index in [-0.39, 0.29) is 18.7 Å². The second-order valence-corrected chi connectivity index (χ2v) is 9.64. The van der Waals surface area contributed by atoms with Gasteiger partial charge in [-0.15, -0.1) is 0 Å². The van der Waals surface area contributed by atoms with Crippen LogP contribution in [0.1, 0.15) is 58.7 Å². The Balaban J connectivity index is 1.86. The van der Waals surface area contributed by atoms with Crippen molar-refractivity contribution in [2.45, 2.75) is 45.5 Å². The van der Waals surface area contributed by atoms with Crippen LogP contribution < -0.4 is 11.4 Å². The van der Waals surface area contributed by atoms with Gasteiger partial charge in [0.15, 0.2) is 0 Å². The predicted octanol–water partition coefficient (Wildman–Crippen LogP) is 5.47. The fourth-order valence-corrected chi connectivity index (χ4v) is 4.83. The number of alkyl halides is 3. The van der Waals surface area contributed by atoms with Gasteiger partial charge in [0, 0.05) is 17.8 Å². The lowest BCUT2D eigenvalue weighted by Crippen LogP contribution is -2.40. The van der Waals surface area contributed by atoms with Gasteiger partial charge in [-0.3, -0.25) is 9.36 Å². The first-order valence-corrected chi connectivity index (χ1v) is 12.9. The Kier molecular flexibility index (Phi) is 8.46. The standard InChI is InChI=1S/C28H29ClF3N5O2/c1-3-22(35(15-7-14-33)26(38)20-10-12-21(13-11-20)28(30,31)32)23-16-24-25(29)18(2)34-37(24)27(39)36(23)17-19-8-5-4-6-9-19/h4-6,8-13,16,22H,3,7,14-15,17,33H2,1-2H3. The first-order valence-electron chi connectivity index (χ1n) is 12.6. The second kappa shape index (κ2) is 11.6. The van der Waals surface area contributed by atoms with E-state index in [1.807, 2.05) is 37.3 Å². The predicted molar refractivity (Wildman–Crippen MR) is 144 cm³/mol. The molecule has 4 rings (SSSR count). The van der Waals surface area contributed by atoms with Gasteiger partial charge in [-0.25, -0.2) is 4.79 Å². The molecule has 2 aromatic heterocycles. The maximum Gasteiger partial charge on any atom is 0.416 e. The van der Waals surface area contributed by atoms with Gasteiger partial charge >= 0.3 is 11.9 Å². The zero-order valence-electron chi connectivity index (χ0n) is 21.6. The normalized spacial score (nSPS) is 12.6. The zero-order valence-corrected chi connectivity index (χ0v) is 22.3. The molecule has 4 aromatic rings. The first-order chi connectivity index (χ1) is 18.6. The van der Waals surface area contributed by atoms with Crippen LogP contribution in [0.2, 0.25) is 5.02 Å². The number of hydrogen-bond acceptors (Lipinski definition) is 4. The number of fused-ring (bicyclic) bond motifs is 1. The van der Waals surface area contributed by atoms with E-state index in [4.69, 9.17) is 17.3 Å². The molecule has 2 aromatic carbocycles. The van der Waals surface area contributed by atoms with Crippen molar-refractivity contribution < 1.29 is 18.0 Å². The minimum absolute atomic E-state index is 0.106. The highest BCUT2D eigenvalue weighted by Crippen LogP contribution is 2.32. The first kappa shape index (κ1) is 28.4. The summed E-state index contributed by atoms with van der Waals surface area (Å²) in [7, 11) is 0. The summed E-state index contributed by atoms with van der Waals surface area (Å²) < 4.78 is 42.2. The summed E-state index contributed by atoms with van der Waals surface area (Å²) in [6, 6.07) is 14.7. The fourth-order valence-electron chi connectivity index (χ4n) is 4.66. The molecule has 0 saturated carbocycles. The molecular formula is C28H29ClF3N5O2. The molecule has 0 aliphatic rings. The molecule has 7 nitrogen and oxygen atoms in total. The molecule has 206 valence electrons. The summed E-state index contributed by atoms with van der Waals surface area (Å²) >= 11 is 6.50. The Bertz CT molecular complexity index is 1510. The van der Waals surface area contributed by atoms with Gasteiger partial charge in [-0.2, -0.15) is 22.8 Å². The highest BCUT2D eigenvalue weighted by Gasteiger charge is 2.32. The van der Waals surface area contributed by atoms with E-state index in [1.165, 1.54) is 16.6 Å². The van der Waals surface area contributed by atoms with E-state index >= 15 is 0 Å². The van der Waals surface area contributed by atoms with E-state index in [9.17, 15) is 22.8 Å². The average molecular weight is 560 g/mol. The van der Waals surface area contributed by atoms with Crippen molar-refractivity contribution in [1.82, 2.24) is 19.1 Å². The smallest absolute Gasteiger partial charge is 0.330 e. The van der Waals surface area contributed by atoms with Gasteiger partial charge in [0.25, 0.3) is 5.91 Å².